The predicted molar refractivity (Wildman–Crippen MR) is 72.1 cm³/mol. The number of benzene rings is 1. The van der Waals surface area contributed by atoms with Crippen LogP contribution in [0.5, 0.6) is 0 Å². The normalized spacial score (nSPS) is 14.8. The van der Waals surface area contributed by atoms with E-state index in [2.05, 4.69) is 0 Å². The molecular formula is C14H21F3N2O. The first-order valence-electron chi connectivity index (χ1n) is 6.63. The van der Waals surface area contributed by atoms with Gasteiger partial charge in [0.05, 0.1) is 19.2 Å². The first kappa shape index (κ1) is 16.9. The summed E-state index contributed by atoms with van der Waals surface area (Å²) in [6.45, 7) is 1.25. The molecule has 1 aromatic rings. The highest BCUT2D eigenvalue weighted by atomic mass is 19.3. The van der Waals surface area contributed by atoms with Crippen molar-refractivity contribution in [3.63, 3.8) is 0 Å². The van der Waals surface area contributed by atoms with Gasteiger partial charge in [0.25, 0.3) is 6.43 Å². The van der Waals surface area contributed by atoms with Crippen LogP contribution in [0.3, 0.4) is 0 Å². The fourth-order valence-corrected chi connectivity index (χ4v) is 2.26. The molecule has 1 aromatic carbocycles. The van der Waals surface area contributed by atoms with E-state index in [0.29, 0.717) is 12.0 Å². The minimum absolute atomic E-state index is 0.0973. The van der Waals surface area contributed by atoms with Gasteiger partial charge in [-0.3, -0.25) is 4.90 Å². The van der Waals surface area contributed by atoms with Crippen molar-refractivity contribution in [3.8, 4) is 0 Å². The van der Waals surface area contributed by atoms with Gasteiger partial charge in [0.2, 0.25) is 0 Å². The monoisotopic (exact) mass is 290 g/mol. The molecule has 0 aliphatic heterocycles. The lowest BCUT2D eigenvalue weighted by Gasteiger charge is -2.35. The molecule has 20 heavy (non-hydrogen) atoms. The Bertz CT molecular complexity index is 387. The van der Waals surface area contributed by atoms with E-state index in [1.165, 1.54) is 17.0 Å². The van der Waals surface area contributed by atoms with Crippen molar-refractivity contribution in [3.05, 3.63) is 35.6 Å². The average molecular weight is 290 g/mol. The van der Waals surface area contributed by atoms with Crippen LogP contribution in [-0.2, 0) is 0 Å². The first-order chi connectivity index (χ1) is 9.49. The molecule has 114 valence electrons. The summed E-state index contributed by atoms with van der Waals surface area (Å²) in [5.41, 5.74) is 6.71. The molecule has 0 amide bonds. The fourth-order valence-electron chi connectivity index (χ4n) is 2.26. The van der Waals surface area contributed by atoms with Gasteiger partial charge in [0, 0.05) is 12.6 Å². The van der Waals surface area contributed by atoms with E-state index in [0.717, 1.165) is 0 Å². The van der Waals surface area contributed by atoms with E-state index < -0.39 is 19.0 Å². The van der Waals surface area contributed by atoms with Gasteiger partial charge in [-0.15, -0.1) is 0 Å². The molecule has 0 fully saturated rings. The van der Waals surface area contributed by atoms with Crippen molar-refractivity contribution < 1.29 is 18.3 Å². The smallest absolute Gasteiger partial charge is 0.251 e. The topological polar surface area (TPSA) is 49.5 Å². The second kappa shape index (κ2) is 8.24. The maximum atomic E-state index is 13.0. The average Bonchev–Trinajstić information content (AvgIpc) is 2.40. The molecule has 0 bridgehead atoms. The Kier molecular flexibility index (Phi) is 6.98. The van der Waals surface area contributed by atoms with Crippen LogP contribution in [0.25, 0.3) is 0 Å². The number of halogens is 3. The summed E-state index contributed by atoms with van der Waals surface area (Å²) in [4.78, 5) is 1.45. The molecule has 3 N–H and O–H groups in total. The summed E-state index contributed by atoms with van der Waals surface area (Å²) >= 11 is 0. The third kappa shape index (κ3) is 4.77. The lowest BCUT2D eigenvalue weighted by molar-refractivity contribution is 0.0466. The van der Waals surface area contributed by atoms with Gasteiger partial charge < -0.3 is 10.8 Å². The maximum Gasteiger partial charge on any atom is 0.251 e. The van der Waals surface area contributed by atoms with Gasteiger partial charge >= 0.3 is 0 Å². The van der Waals surface area contributed by atoms with Crippen LogP contribution in [0.2, 0.25) is 0 Å². The minimum Gasteiger partial charge on any atom is -0.395 e. The molecule has 3 nitrogen and oxygen atoms in total. The van der Waals surface area contributed by atoms with Crippen LogP contribution >= 0.6 is 0 Å². The molecule has 2 unspecified atom stereocenters. The molecule has 0 aliphatic carbocycles. The van der Waals surface area contributed by atoms with E-state index in [1.807, 2.05) is 6.92 Å². The lowest BCUT2D eigenvalue weighted by atomic mass is 9.96. The zero-order valence-corrected chi connectivity index (χ0v) is 11.5. The Morgan fingerprint density at radius 3 is 2.30 bits per heavy atom. The minimum atomic E-state index is -2.52. The van der Waals surface area contributed by atoms with Gasteiger partial charge in [-0.05, 0) is 24.1 Å². The van der Waals surface area contributed by atoms with Gasteiger partial charge in [-0.25, -0.2) is 13.2 Å². The zero-order chi connectivity index (χ0) is 15.1. The first-order valence-corrected chi connectivity index (χ1v) is 6.63. The molecule has 0 aromatic heterocycles. The summed E-state index contributed by atoms with van der Waals surface area (Å²) in [7, 11) is 0. The fraction of sp³-hybridized carbons (Fsp3) is 0.571. The van der Waals surface area contributed by atoms with Gasteiger partial charge in [0.1, 0.15) is 5.82 Å². The molecule has 6 heteroatoms. The summed E-state index contributed by atoms with van der Waals surface area (Å²) in [5.74, 6) is -0.389. The van der Waals surface area contributed by atoms with E-state index in [9.17, 15) is 13.2 Å². The Labute approximate surface area is 117 Å². The van der Waals surface area contributed by atoms with E-state index >= 15 is 0 Å². The van der Waals surface area contributed by atoms with E-state index in [-0.39, 0.29) is 25.0 Å². The highest BCUT2D eigenvalue weighted by molar-refractivity contribution is 5.21. The Balaban J connectivity index is 3.04. The highest BCUT2D eigenvalue weighted by Crippen LogP contribution is 2.26. The Morgan fingerprint density at radius 1 is 1.25 bits per heavy atom. The second-order valence-electron chi connectivity index (χ2n) is 4.68. The predicted octanol–water partition coefficient (Wildman–Crippen LogP) is 2.16. The molecule has 0 heterocycles. The molecule has 0 saturated carbocycles. The van der Waals surface area contributed by atoms with Crippen LogP contribution in [0.1, 0.15) is 24.9 Å². The maximum absolute atomic E-state index is 13.0. The molecule has 0 saturated heterocycles. The quantitative estimate of drug-likeness (QED) is 0.771. The van der Waals surface area contributed by atoms with Crippen LogP contribution in [0, 0.1) is 5.82 Å². The molecule has 2 atom stereocenters. The molecule has 1 rings (SSSR count). The van der Waals surface area contributed by atoms with Crippen LogP contribution in [-0.4, -0.2) is 42.2 Å². The van der Waals surface area contributed by atoms with Crippen molar-refractivity contribution in [2.75, 3.05) is 19.7 Å². The number of aliphatic hydroxyl groups is 1. The summed E-state index contributed by atoms with van der Waals surface area (Å²) in [5, 5.41) is 9.06. The van der Waals surface area contributed by atoms with Crippen LogP contribution in [0.15, 0.2) is 24.3 Å². The molecule has 0 spiro atoms. The van der Waals surface area contributed by atoms with Crippen molar-refractivity contribution in [2.45, 2.75) is 31.9 Å². The van der Waals surface area contributed by atoms with Gasteiger partial charge in [-0.2, -0.15) is 0 Å². The molecular weight excluding hydrogens is 269 g/mol. The van der Waals surface area contributed by atoms with Gasteiger partial charge in [0.15, 0.2) is 0 Å². The third-order valence-corrected chi connectivity index (χ3v) is 3.24. The summed E-state index contributed by atoms with van der Waals surface area (Å²) < 4.78 is 38.4. The van der Waals surface area contributed by atoms with Crippen molar-refractivity contribution in [1.29, 1.82) is 0 Å². The number of nitrogens with two attached hydrogens (primary N) is 1. The standard InChI is InChI=1S/C14H21F3N2O/c1-2-12(18)14(10-3-5-11(15)6-4-10)19(7-8-20)9-13(16)17/h3-6,12-14,20H,2,7-9,18H2,1H3. The largest absolute Gasteiger partial charge is 0.395 e. The van der Waals surface area contributed by atoms with E-state index in [4.69, 9.17) is 10.8 Å². The van der Waals surface area contributed by atoms with Crippen molar-refractivity contribution >= 4 is 0 Å². The Hall–Kier alpha value is -1.11. The number of hydrogen-bond acceptors (Lipinski definition) is 3. The van der Waals surface area contributed by atoms with Crippen molar-refractivity contribution in [2.24, 2.45) is 5.73 Å². The van der Waals surface area contributed by atoms with Gasteiger partial charge in [-0.1, -0.05) is 19.1 Å². The number of aliphatic hydroxyl groups excluding tert-OH is 1. The lowest BCUT2D eigenvalue weighted by Crippen LogP contribution is -2.44. The number of nitrogens with zero attached hydrogens (tertiary/aromatic N) is 1. The van der Waals surface area contributed by atoms with Crippen LogP contribution < -0.4 is 5.73 Å². The van der Waals surface area contributed by atoms with Crippen LogP contribution in [0.4, 0.5) is 13.2 Å². The molecule has 0 aliphatic rings. The van der Waals surface area contributed by atoms with Crippen molar-refractivity contribution in [1.82, 2.24) is 4.90 Å². The SMILES string of the molecule is CCC(N)C(c1ccc(F)cc1)N(CCO)CC(F)F. The highest BCUT2D eigenvalue weighted by Gasteiger charge is 2.27. The number of rotatable bonds is 8. The third-order valence-electron chi connectivity index (χ3n) is 3.24. The number of alkyl halides is 2. The Morgan fingerprint density at radius 2 is 1.85 bits per heavy atom. The summed E-state index contributed by atoms with van der Waals surface area (Å²) in [6, 6.07) is 4.82. The molecule has 0 radical (unpaired) electrons. The zero-order valence-electron chi connectivity index (χ0n) is 11.5. The second-order valence-corrected chi connectivity index (χ2v) is 4.68. The van der Waals surface area contributed by atoms with E-state index in [1.54, 1.807) is 12.1 Å². The summed E-state index contributed by atoms with van der Waals surface area (Å²) in [6.07, 6.45) is -1.93. The number of hydrogen-bond donors (Lipinski definition) is 2.